The van der Waals surface area contributed by atoms with Crippen LogP contribution in [0.4, 0.5) is 0 Å². The van der Waals surface area contributed by atoms with Gasteiger partial charge in [0.15, 0.2) is 0 Å². The molecule has 1 aliphatic carbocycles. The van der Waals surface area contributed by atoms with Crippen LogP contribution in [-0.4, -0.2) is 16.3 Å². The summed E-state index contributed by atoms with van der Waals surface area (Å²) in [6, 6.07) is 0. The first-order chi connectivity index (χ1) is 3.79. The van der Waals surface area contributed by atoms with Crippen molar-refractivity contribution in [3.63, 3.8) is 0 Å². The van der Waals surface area contributed by atoms with Crippen molar-refractivity contribution in [3.05, 3.63) is 17.6 Å². The third-order valence-corrected chi connectivity index (χ3v) is 1.09. The second-order valence-electron chi connectivity index (χ2n) is 1.89. The molecule has 1 rings (SSSR count). The van der Waals surface area contributed by atoms with E-state index in [-0.39, 0.29) is 5.76 Å². The Morgan fingerprint density at radius 2 is 2.50 bits per heavy atom. The maximum atomic E-state index is 8.83. The van der Waals surface area contributed by atoms with Crippen LogP contribution in [0, 0.1) is 0 Å². The van der Waals surface area contributed by atoms with Gasteiger partial charge in [-0.1, -0.05) is 5.73 Å². The van der Waals surface area contributed by atoms with E-state index >= 15 is 0 Å². The van der Waals surface area contributed by atoms with Gasteiger partial charge in [0.1, 0.15) is 5.76 Å². The molecule has 0 aromatic heterocycles. The zero-order valence-corrected chi connectivity index (χ0v) is 4.46. The van der Waals surface area contributed by atoms with Gasteiger partial charge in [0.25, 0.3) is 0 Å². The molecule has 0 spiro atoms. The van der Waals surface area contributed by atoms with Gasteiger partial charge >= 0.3 is 0 Å². The standard InChI is InChI=1S/C6H8O2/c7-5-2-1-3-6(8)4-5/h1,5,7-8H,2,4H2. The molecule has 2 N–H and O–H groups in total. The van der Waals surface area contributed by atoms with Crippen molar-refractivity contribution in [1.82, 2.24) is 0 Å². The van der Waals surface area contributed by atoms with Crippen molar-refractivity contribution in [2.75, 3.05) is 0 Å². The molecule has 44 valence electrons. The van der Waals surface area contributed by atoms with Crippen LogP contribution < -0.4 is 0 Å². The van der Waals surface area contributed by atoms with E-state index in [2.05, 4.69) is 5.73 Å². The minimum Gasteiger partial charge on any atom is -0.504 e. The Labute approximate surface area is 47.8 Å². The van der Waals surface area contributed by atoms with E-state index in [1.807, 2.05) is 0 Å². The van der Waals surface area contributed by atoms with Crippen molar-refractivity contribution in [2.45, 2.75) is 18.9 Å². The van der Waals surface area contributed by atoms with Crippen molar-refractivity contribution in [2.24, 2.45) is 0 Å². The first kappa shape index (κ1) is 5.42. The summed E-state index contributed by atoms with van der Waals surface area (Å²) in [5.41, 5.74) is 2.60. The number of aliphatic hydroxyl groups excluding tert-OH is 2. The lowest BCUT2D eigenvalue weighted by Crippen LogP contribution is -2.07. The van der Waals surface area contributed by atoms with Crippen molar-refractivity contribution in [1.29, 1.82) is 0 Å². The molecule has 1 aliphatic rings. The summed E-state index contributed by atoms with van der Waals surface area (Å²) in [4.78, 5) is 0. The number of aliphatic hydroxyl groups is 2. The molecule has 0 saturated heterocycles. The Balaban J connectivity index is 2.63. The molecule has 0 radical (unpaired) electrons. The highest BCUT2D eigenvalue weighted by molar-refractivity contribution is 5.00. The largest absolute Gasteiger partial charge is 0.504 e. The molecule has 0 aliphatic heterocycles. The highest BCUT2D eigenvalue weighted by atomic mass is 16.3. The predicted molar refractivity (Wildman–Crippen MR) is 29.5 cm³/mol. The highest BCUT2D eigenvalue weighted by Gasteiger charge is 2.06. The molecule has 1 atom stereocenters. The lowest BCUT2D eigenvalue weighted by atomic mass is 10.1. The molecular weight excluding hydrogens is 104 g/mol. The Hall–Kier alpha value is -0.720. The molecule has 2 nitrogen and oxygen atoms in total. The monoisotopic (exact) mass is 112 g/mol. The Kier molecular flexibility index (Phi) is 1.38. The van der Waals surface area contributed by atoms with Gasteiger partial charge in [0, 0.05) is 6.42 Å². The SMILES string of the molecule is OC1=C=CCC(O)C1. The third-order valence-electron chi connectivity index (χ3n) is 1.09. The third kappa shape index (κ3) is 1.12. The average Bonchev–Trinajstić information content (AvgIpc) is 1.64. The van der Waals surface area contributed by atoms with E-state index < -0.39 is 6.10 Å². The molecule has 2 heteroatoms. The summed E-state index contributed by atoms with van der Waals surface area (Å²) in [7, 11) is 0. The van der Waals surface area contributed by atoms with Crippen LogP contribution in [0.5, 0.6) is 0 Å². The second kappa shape index (κ2) is 2.03. The minimum atomic E-state index is -0.392. The summed E-state index contributed by atoms with van der Waals surface area (Å²) < 4.78 is 0. The van der Waals surface area contributed by atoms with Gasteiger partial charge < -0.3 is 10.2 Å². The van der Waals surface area contributed by atoms with Gasteiger partial charge in [-0.2, -0.15) is 0 Å². The molecule has 0 aromatic rings. The van der Waals surface area contributed by atoms with Crippen LogP contribution >= 0.6 is 0 Å². The Morgan fingerprint density at radius 1 is 1.75 bits per heavy atom. The van der Waals surface area contributed by atoms with Crippen molar-refractivity contribution in [3.8, 4) is 0 Å². The molecule has 0 heterocycles. The Bertz CT molecular complexity index is 143. The normalized spacial score (nSPS) is 27.6. The molecule has 0 fully saturated rings. The lowest BCUT2D eigenvalue weighted by molar-refractivity contribution is 0.158. The van der Waals surface area contributed by atoms with Gasteiger partial charge in [-0.3, -0.25) is 0 Å². The molecule has 0 aromatic carbocycles. The second-order valence-corrected chi connectivity index (χ2v) is 1.89. The van der Waals surface area contributed by atoms with E-state index in [4.69, 9.17) is 10.2 Å². The quantitative estimate of drug-likeness (QED) is 0.454. The lowest BCUT2D eigenvalue weighted by Gasteiger charge is -2.07. The van der Waals surface area contributed by atoms with Crippen LogP contribution in [0.3, 0.4) is 0 Å². The van der Waals surface area contributed by atoms with E-state index in [0.29, 0.717) is 12.8 Å². The zero-order valence-electron chi connectivity index (χ0n) is 4.46. The van der Waals surface area contributed by atoms with E-state index in [9.17, 15) is 0 Å². The number of rotatable bonds is 0. The van der Waals surface area contributed by atoms with E-state index in [0.717, 1.165) is 0 Å². The van der Waals surface area contributed by atoms with Crippen LogP contribution in [0.15, 0.2) is 17.6 Å². The minimum absolute atomic E-state index is 0.156. The summed E-state index contributed by atoms with van der Waals surface area (Å²) in [6.07, 6.45) is 2.22. The van der Waals surface area contributed by atoms with Gasteiger partial charge in [-0.15, -0.1) is 0 Å². The van der Waals surface area contributed by atoms with E-state index in [1.165, 1.54) is 0 Å². The topological polar surface area (TPSA) is 40.5 Å². The van der Waals surface area contributed by atoms with Crippen LogP contribution in [0.1, 0.15) is 12.8 Å². The van der Waals surface area contributed by atoms with Crippen molar-refractivity contribution >= 4 is 0 Å². The smallest absolute Gasteiger partial charge is 0.137 e. The van der Waals surface area contributed by atoms with Crippen LogP contribution in [-0.2, 0) is 0 Å². The van der Waals surface area contributed by atoms with Crippen LogP contribution in [0.2, 0.25) is 0 Å². The maximum absolute atomic E-state index is 8.83. The Morgan fingerprint density at radius 3 is 2.88 bits per heavy atom. The molecule has 0 bridgehead atoms. The maximum Gasteiger partial charge on any atom is 0.137 e. The summed E-state index contributed by atoms with van der Waals surface area (Å²) >= 11 is 0. The number of hydrogen-bond acceptors (Lipinski definition) is 2. The summed E-state index contributed by atoms with van der Waals surface area (Å²) in [5.74, 6) is 0.156. The predicted octanol–water partition coefficient (Wildman–Crippen LogP) is 0.738. The average molecular weight is 112 g/mol. The van der Waals surface area contributed by atoms with Gasteiger partial charge in [-0.05, 0) is 12.5 Å². The molecule has 0 amide bonds. The fraction of sp³-hybridized carbons (Fsp3) is 0.500. The van der Waals surface area contributed by atoms with Gasteiger partial charge in [0.2, 0.25) is 0 Å². The summed E-state index contributed by atoms with van der Waals surface area (Å²) in [5, 5.41) is 17.5. The zero-order chi connectivity index (χ0) is 5.98. The molecule has 0 saturated carbocycles. The fourth-order valence-electron chi connectivity index (χ4n) is 0.678. The van der Waals surface area contributed by atoms with Crippen LogP contribution in [0.25, 0.3) is 0 Å². The molecule has 1 unspecified atom stereocenters. The highest BCUT2D eigenvalue weighted by Crippen LogP contribution is 2.08. The first-order valence-electron chi connectivity index (χ1n) is 2.60. The first-order valence-corrected chi connectivity index (χ1v) is 2.60. The molecular formula is C6H8O2. The summed E-state index contributed by atoms with van der Waals surface area (Å²) in [6.45, 7) is 0. The van der Waals surface area contributed by atoms with Gasteiger partial charge in [-0.25, -0.2) is 0 Å². The van der Waals surface area contributed by atoms with Crippen molar-refractivity contribution < 1.29 is 10.2 Å². The fourth-order valence-corrected chi connectivity index (χ4v) is 0.678. The van der Waals surface area contributed by atoms with Gasteiger partial charge in [0.05, 0.1) is 6.10 Å². The molecule has 8 heavy (non-hydrogen) atoms. The number of hydrogen-bond donors (Lipinski definition) is 2. The van der Waals surface area contributed by atoms with E-state index in [1.54, 1.807) is 6.08 Å².